The van der Waals surface area contributed by atoms with Gasteiger partial charge < -0.3 is 9.73 Å². The SMILES string of the molecule is CCC(CC)C(=O)Nc1cc(C)nn1-c1nc(-c2ccco2)cs1. The van der Waals surface area contributed by atoms with Crippen LogP contribution in [0.5, 0.6) is 0 Å². The van der Waals surface area contributed by atoms with Crippen molar-refractivity contribution in [2.45, 2.75) is 33.6 Å². The first-order valence-electron chi connectivity index (χ1n) is 7.99. The van der Waals surface area contributed by atoms with Gasteiger partial charge in [0.15, 0.2) is 5.76 Å². The lowest BCUT2D eigenvalue weighted by Gasteiger charge is -2.12. The quantitative estimate of drug-likeness (QED) is 0.724. The van der Waals surface area contributed by atoms with Gasteiger partial charge in [0.1, 0.15) is 11.5 Å². The van der Waals surface area contributed by atoms with Crippen LogP contribution in [0.3, 0.4) is 0 Å². The number of carbonyl (C=O) groups excluding carboxylic acids is 1. The molecule has 1 amide bonds. The standard InChI is InChI=1S/C17H20N4O2S/c1-4-12(5-2)16(22)19-15-9-11(3)20-21(15)17-18-13(10-24-17)14-7-6-8-23-14/h6-10,12H,4-5H2,1-3H3,(H,19,22). The second kappa shape index (κ2) is 7.00. The maximum atomic E-state index is 12.4. The van der Waals surface area contributed by atoms with E-state index in [2.05, 4.69) is 15.4 Å². The first-order valence-corrected chi connectivity index (χ1v) is 8.87. The molecule has 0 radical (unpaired) electrons. The molecule has 0 fully saturated rings. The third kappa shape index (κ3) is 3.26. The first kappa shape index (κ1) is 16.4. The molecule has 3 heterocycles. The van der Waals surface area contributed by atoms with Crippen molar-refractivity contribution in [3.63, 3.8) is 0 Å². The molecule has 0 aliphatic carbocycles. The van der Waals surface area contributed by atoms with Crippen molar-refractivity contribution in [3.8, 4) is 16.6 Å². The first-order chi connectivity index (χ1) is 11.6. The van der Waals surface area contributed by atoms with E-state index in [0.29, 0.717) is 16.7 Å². The predicted molar refractivity (Wildman–Crippen MR) is 94.4 cm³/mol. The van der Waals surface area contributed by atoms with Crippen LogP contribution >= 0.6 is 11.3 Å². The number of nitrogens with zero attached hydrogens (tertiary/aromatic N) is 3. The average molecular weight is 344 g/mol. The summed E-state index contributed by atoms with van der Waals surface area (Å²) in [5, 5.41) is 10.0. The van der Waals surface area contributed by atoms with Gasteiger partial charge in [-0.15, -0.1) is 11.3 Å². The summed E-state index contributed by atoms with van der Waals surface area (Å²) in [5.41, 5.74) is 1.58. The maximum absolute atomic E-state index is 12.4. The van der Waals surface area contributed by atoms with Crippen LogP contribution < -0.4 is 5.32 Å². The fourth-order valence-corrected chi connectivity index (χ4v) is 3.30. The minimum absolute atomic E-state index is 0.00336. The number of furan rings is 1. The maximum Gasteiger partial charge on any atom is 0.228 e. The summed E-state index contributed by atoms with van der Waals surface area (Å²) in [6.07, 6.45) is 3.25. The Hall–Kier alpha value is -2.41. The molecule has 1 N–H and O–H groups in total. The Balaban J connectivity index is 1.88. The lowest BCUT2D eigenvalue weighted by Crippen LogP contribution is -2.23. The number of carbonyl (C=O) groups is 1. The van der Waals surface area contributed by atoms with Crippen LogP contribution in [0.4, 0.5) is 5.82 Å². The summed E-state index contributed by atoms with van der Waals surface area (Å²) in [5.74, 6) is 1.38. The van der Waals surface area contributed by atoms with Crippen LogP contribution in [0.15, 0.2) is 34.3 Å². The molecule has 24 heavy (non-hydrogen) atoms. The second-order valence-corrected chi connectivity index (χ2v) is 6.41. The number of thiazole rings is 1. The van der Waals surface area contributed by atoms with E-state index < -0.39 is 0 Å². The fraction of sp³-hybridized carbons (Fsp3) is 0.353. The highest BCUT2D eigenvalue weighted by Crippen LogP contribution is 2.27. The molecule has 0 unspecified atom stereocenters. The van der Waals surface area contributed by atoms with E-state index in [9.17, 15) is 4.79 Å². The topological polar surface area (TPSA) is 73.0 Å². The number of anilines is 1. The van der Waals surface area contributed by atoms with Gasteiger partial charge in [-0.1, -0.05) is 13.8 Å². The zero-order valence-electron chi connectivity index (χ0n) is 13.9. The summed E-state index contributed by atoms with van der Waals surface area (Å²) < 4.78 is 7.05. The molecule has 0 aliphatic rings. The number of hydrogen-bond donors (Lipinski definition) is 1. The number of aryl methyl sites for hydroxylation is 1. The molecule has 7 heteroatoms. The Morgan fingerprint density at radius 3 is 2.88 bits per heavy atom. The van der Waals surface area contributed by atoms with E-state index in [1.54, 1.807) is 10.9 Å². The van der Waals surface area contributed by atoms with Gasteiger partial charge in [0, 0.05) is 17.4 Å². The van der Waals surface area contributed by atoms with Gasteiger partial charge in [-0.3, -0.25) is 4.79 Å². The van der Waals surface area contributed by atoms with E-state index in [1.807, 2.05) is 44.4 Å². The van der Waals surface area contributed by atoms with Crippen molar-refractivity contribution >= 4 is 23.1 Å². The monoisotopic (exact) mass is 344 g/mol. The third-order valence-electron chi connectivity index (χ3n) is 3.89. The highest BCUT2D eigenvalue weighted by atomic mass is 32.1. The number of hydrogen-bond acceptors (Lipinski definition) is 5. The molecular formula is C17H20N4O2S. The molecule has 3 aromatic rings. The molecule has 6 nitrogen and oxygen atoms in total. The average Bonchev–Trinajstić information content (AvgIpc) is 3.27. The van der Waals surface area contributed by atoms with Crippen molar-refractivity contribution in [2.75, 3.05) is 5.32 Å². The Labute approximate surface area is 144 Å². The van der Waals surface area contributed by atoms with Gasteiger partial charge in [-0.2, -0.15) is 9.78 Å². The van der Waals surface area contributed by atoms with Crippen molar-refractivity contribution in [2.24, 2.45) is 5.92 Å². The van der Waals surface area contributed by atoms with Crippen LogP contribution in [0.2, 0.25) is 0 Å². The summed E-state index contributed by atoms with van der Waals surface area (Å²) >= 11 is 1.45. The van der Waals surface area contributed by atoms with Gasteiger partial charge in [-0.25, -0.2) is 4.98 Å². The van der Waals surface area contributed by atoms with E-state index >= 15 is 0 Å². The molecular weight excluding hydrogens is 324 g/mol. The number of amides is 1. The van der Waals surface area contributed by atoms with Gasteiger partial charge >= 0.3 is 0 Å². The van der Waals surface area contributed by atoms with Gasteiger partial charge in [0.2, 0.25) is 11.0 Å². The predicted octanol–water partition coefficient (Wildman–Crippen LogP) is 4.27. The molecule has 0 atom stereocenters. The number of rotatable bonds is 6. The lowest BCUT2D eigenvalue weighted by atomic mass is 10.0. The zero-order valence-corrected chi connectivity index (χ0v) is 14.8. The molecule has 3 rings (SSSR count). The lowest BCUT2D eigenvalue weighted by molar-refractivity contribution is -0.120. The number of aromatic nitrogens is 3. The summed E-state index contributed by atoms with van der Waals surface area (Å²) in [6.45, 7) is 5.93. The van der Waals surface area contributed by atoms with Crippen LogP contribution in [-0.2, 0) is 4.79 Å². The molecule has 0 bridgehead atoms. The molecule has 126 valence electrons. The molecule has 0 saturated heterocycles. The Bertz CT molecular complexity index is 816. The zero-order chi connectivity index (χ0) is 17.1. The Kier molecular flexibility index (Phi) is 4.80. The van der Waals surface area contributed by atoms with Crippen LogP contribution in [0.1, 0.15) is 32.4 Å². The van der Waals surface area contributed by atoms with Gasteiger partial charge in [0.25, 0.3) is 0 Å². The van der Waals surface area contributed by atoms with Crippen molar-refractivity contribution in [1.82, 2.24) is 14.8 Å². The van der Waals surface area contributed by atoms with E-state index in [0.717, 1.165) is 24.2 Å². The van der Waals surface area contributed by atoms with Crippen molar-refractivity contribution < 1.29 is 9.21 Å². The third-order valence-corrected chi connectivity index (χ3v) is 4.70. The Morgan fingerprint density at radius 2 is 2.21 bits per heavy atom. The van der Waals surface area contributed by atoms with E-state index in [1.165, 1.54) is 11.3 Å². The molecule has 0 aromatic carbocycles. The van der Waals surface area contributed by atoms with E-state index in [4.69, 9.17) is 4.42 Å². The summed E-state index contributed by atoms with van der Waals surface area (Å²) in [7, 11) is 0. The minimum atomic E-state index is 0.00336. The summed E-state index contributed by atoms with van der Waals surface area (Å²) in [6, 6.07) is 5.55. The highest BCUT2D eigenvalue weighted by Gasteiger charge is 2.19. The smallest absolute Gasteiger partial charge is 0.228 e. The number of nitrogens with one attached hydrogen (secondary N) is 1. The molecule has 0 saturated carbocycles. The summed E-state index contributed by atoms with van der Waals surface area (Å²) in [4.78, 5) is 16.9. The molecule has 3 aromatic heterocycles. The van der Waals surface area contributed by atoms with Gasteiger partial charge in [-0.05, 0) is 31.9 Å². The van der Waals surface area contributed by atoms with Crippen LogP contribution in [0.25, 0.3) is 16.6 Å². The minimum Gasteiger partial charge on any atom is -0.463 e. The van der Waals surface area contributed by atoms with Gasteiger partial charge in [0.05, 0.1) is 12.0 Å². The fourth-order valence-electron chi connectivity index (χ4n) is 2.52. The van der Waals surface area contributed by atoms with Crippen molar-refractivity contribution in [3.05, 3.63) is 35.5 Å². The van der Waals surface area contributed by atoms with Crippen molar-refractivity contribution in [1.29, 1.82) is 0 Å². The highest BCUT2D eigenvalue weighted by molar-refractivity contribution is 7.12. The largest absolute Gasteiger partial charge is 0.463 e. The van der Waals surface area contributed by atoms with Crippen LogP contribution in [0, 0.1) is 12.8 Å². The van der Waals surface area contributed by atoms with E-state index in [-0.39, 0.29) is 11.8 Å². The Morgan fingerprint density at radius 1 is 1.42 bits per heavy atom. The normalized spacial score (nSPS) is 11.2. The molecule has 0 spiro atoms. The second-order valence-electron chi connectivity index (χ2n) is 5.58. The van der Waals surface area contributed by atoms with Crippen LogP contribution in [-0.4, -0.2) is 20.7 Å². The molecule has 0 aliphatic heterocycles.